The van der Waals surface area contributed by atoms with Crippen LogP contribution in [-0.2, 0) is 4.74 Å². The fourth-order valence-corrected chi connectivity index (χ4v) is 3.47. The number of aliphatic imine (C=N–C) groups is 1. The third-order valence-corrected chi connectivity index (χ3v) is 6.30. The summed E-state index contributed by atoms with van der Waals surface area (Å²) in [7, 11) is 6.23. The predicted molar refractivity (Wildman–Crippen MR) is 92.4 cm³/mol. The van der Waals surface area contributed by atoms with E-state index in [0.29, 0.717) is 5.41 Å². The Morgan fingerprint density at radius 1 is 1.18 bits per heavy atom. The molecule has 0 aliphatic carbocycles. The Kier molecular flexibility index (Phi) is 4.79. The normalized spacial score (nSPS) is 26.7. The van der Waals surface area contributed by atoms with Crippen LogP contribution in [0.3, 0.4) is 0 Å². The van der Waals surface area contributed by atoms with Crippen molar-refractivity contribution in [1.29, 1.82) is 0 Å². The zero-order valence-electron chi connectivity index (χ0n) is 15.5. The van der Waals surface area contributed by atoms with Gasteiger partial charge in [-0.15, -0.1) is 0 Å². The van der Waals surface area contributed by atoms with E-state index in [1.807, 2.05) is 7.05 Å². The lowest BCUT2D eigenvalue weighted by atomic mass is 9.65. The highest BCUT2D eigenvalue weighted by molar-refractivity contribution is 5.82. The number of hydrogen-bond donors (Lipinski definition) is 1. The lowest BCUT2D eigenvalue weighted by molar-refractivity contribution is -0.0678. The number of hydrogen-bond acceptors (Lipinski definition) is 3. The first kappa shape index (κ1) is 17.5. The van der Waals surface area contributed by atoms with Gasteiger partial charge in [0, 0.05) is 49.8 Å². The van der Waals surface area contributed by atoms with E-state index in [9.17, 15) is 0 Å². The van der Waals surface area contributed by atoms with E-state index in [4.69, 9.17) is 4.74 Å². The third-order valence-electron chi connectivity index (χ3n) is 6.30. The molecule has 0 amide bonds. The smallest absolute Gasteiger partial charge is 0.194 e. The van der Waals surface area contributed by atoms with Crippen LogP contribution in [-0.4, -0.2) is 74.3 Å². The topological polar surface area (TPSA) is 40.1 Å². The summed E-state index contributed by atoms with van der Waals surface area (Å²) >= 11 is 0. The molecule has 5 nitrogen and oxygen atoms in total. The number of ether oxygens (including phenoxy) is 1. The summed E-state index contributed by atoms with van der Waals surface area (Å²) in [5.74, 6) is 1.03. The van der Waals surface area contributed by atoms with E-state index in [0.717, 1.165) is 45.1 Å². The van der Waals surface area contributed by atoms with Crippen molar-refractivity contribution in [3.63, 3.8) is 0 Å². The predicted octanol–water partition coefficient (Wildman–Crippen LogP) is 1.79. The molecule has 0 unspecified atom stereocenters. The van der Waals surface area contributed by atoms with E-state index < -0.39 is 0 Å². The molecule has 2 aliphatic rings. The fraction of sp³-hybridized carbons (Fsp3) is 0.941. The van der Waals surface area contributed by atoms with Gasteiger partial charge in [0.05, 0.1) is 0 Å². The maximum Gasteiger partial charge on any atom is 0.194 e. The second-order valence-corrected chi connectivity index (χ2v) is 8.16. The van der Waals surface area contributed by atoms with Gasteiger partial charge in [-0.1, -0.05) is 13.8 Å². The number of nitrogens with one attached hydrogen (secondary N) is 1. The summed E-state index contributed by atoms with van der Waals surface area (Å²) in [6, 6.07) is 0. The van der Waals surface area contributed by atoms with Crippen LogP contribution in [0, 0.1) is 5.41 Å². The maximum atomic E-state index is 5.55. The van der Waals surface area contributed by atoms with Crippen LogP contribution in [0.1, 0.15) is 40.5 Å². The Morgan fingerprint density at radius 2 is 1.77 bits per heavy atom. The van der Waals surface area contributed by atoms with Crippen molar-refractivity contribution in [1.82, 2.24) is 15.1 Å². The molecular weight excluding hydrogens is 276 g/mol. The standard InChI is InChI=1S/C17H34N4O/c1-15(2)13-21(16(15,3)4)14(18-5)19-12-17(20(6)7)8-10-22-11-9-17/h8-13H2,1-7H3,(H,18,19). The van der Waals surface area contributed by atoms with Gasteiger partial charge in [-0.3, -0.25) is 4.99 Å². The number of rotatable bonds is 3. The molecule has 2 aliphatic heterocycles. The van der Waals surface area contributed by atoms with Gasteiger partial charge in [0.25, 0.3) is 0 Å². The Bertz CT molecular complexity index is 422. The molecule has 5 heteroatoms. The zero-order valence-corrected chi connectivity index (χ0v) is 15.5. The van der Waals surface area contributed by atoms with Crippen molar-refractivity contribution in [3.8, 4) is 0 Å². The van der Waals surface area contributed by atoms with Crippen molar-refractivity contribution >= 4 is 5.96 Å². The Morgan fingerprint density at radius 3 is 2.18 bits per heavy atom. The highest BCUT2D eigenvalue weighted by Crippen LogP contribution is 2.46. The molecule has 0 spiro atoms. The van der Waals surface area contributed by atoms with E-state index in [1.165, 1.54) is 0 Å². The van der Waals surface area contributed by atoms with E-state index in [-0.39, 0.29) is 11.1 Å². The molecule has 2 rings (SSSR count). The van der Waals surface area contributed by atoms with Crippen LogP contribution in [0.2, 0.25) is 0 Å². The van der Waals surface area contributed by atoms with Crippen molar-refractivity contribution in [3.05, 3.63) is 0 Å². The number of likely N-dealkylation sites (tertiary alicyclic amines) is 1. The minimum Gasteiger partial charge on any atom is -0.381 e. The molecule has 1 N–H and O–H groups in total. The Balaban J connectivity index is 2.03. The van der Waals surface area contributed by atoms with E-state index >= 15 is 0 Å². The van der Waals surface area contributed by atoms with Gasteiger partial charge in [-0.05, 0) is 40.8 Å². The van der Waals surface area contributed by atoms with E-state index in [2.05, 4.69) is 61.9 Å². The molecule has 0 aromatic rings. The van der Waals surface area contributed by atoms with Gasteiger partial charge in [0.15, 0.2) is 5.96 Å². The van der Waals surface area contributed by atoms with Crippen LogP contribution >= 0.6 is 0 Å². The molecule has 2 heterocycles. The van der Waals surface area contributed by atoms with Gasteiger partial charge in [-0.25, -0.2) is 0 Å². The summed E-state index contributed by atoms with van der Waals surface area (Å²) < 4.78 is 5.55. The first-order valence-corrected chi connectivity index (χ1v) is 8.40. The quantitative estimate of drug-likeness (QED) is 0.637. The minimum absolute atomic E-state index is 0.135. The van der Waals surface area contributed by atoms with Gasteiger partial charge in [-0.2, -0.15) is 0 Å². The highest BCUT2D eigenvalue weighted by atomic mass is 16.5. The van der Waals surface area contributed by atoms with Crippen LogP contribution in [0.25, 0.3) is 0 Å². The van der Waals surface area contributed by atoms with Gasteiger partial charge in [0.1, 0.15) is 0 Å². The summed E-state index contributed by atoms with van der Waals surface area (Å²) in [6.07, 6.45) is 2.14. The second-order valence-electron chi connectivity index (χ2n) is 8.16. The Labute approximate surface area is 136 Å². The van der Waals surface area contributed by atoms with Crippen molar-refractivity contribution in [2.75, 3.05) is 47.4 Å². The van der Waals surface area contributed by atoms with Crippen LogP contribution in [0.5, 0.6) is 0 Å². The third kappa shape index (κ3) is 2.85. The van der Waals surface area contributed by atoms with Crippen LogP contribution < -0.4 is 5.32 Å². The van der Waals surface area contributed by atoms with Crippen LogP contribution in [0.4, 0.5) is 0 Å². The molecule has 2 fully saturated rings. The molecule has 0 aromatic heterocycles. The SMILES string of the molecule is CN=C(NCC1(N(C)C)CCOCC1)N1CC(C)(C)C1(C)C. The molecule has 0 saturated carbocycles. The Hall–Kier alpha value is -0.810. The lowest BCUT2D eigenvalue weighted by Crippen LogP contribution is -2.73. The molecule has 22 heavy (non-hydrogen) atoms. The summed E-state index contributed by atoms with van der Waals surface area (Å²) in [6.45, 7) is 12.9. The molecule has 0 aromatic carbocycles. The number of nitrogens with zero attached hydrogens (tertiary/aromatic N) is 3. The van der Waals surface area contributed by atoms with E-state index in [1.54, 1.807) is 0 Å². The molecular formula is C17H34N4O. The minimum atomic E-state index is 0.135. The van der Waals surface area contributed by atoms with Crippen molar-refractivity contribution in [2.24, 2.45) is 10.4 Å². The zero-order chi connectivity index (χ0) is 16.6. The first-order valence-electron chi connectivity index (χ1n) is 8.40. The second kappa shape index (κ2) is 6.00. The molecule has 128 valence electrons. The van der Waals surface area contributed by atoms with Gasteiger partial charge < -0.3 is 19.9 Å². The van der Waals surface area contributed by atoms with Crippen LogP contribution in [0.15, 0.2) is 4.99 Å². The average Bonchev–Trinajstić information content (AvgIpc) is 2.47. The molecule has 0 atom stereocenters. The lowest BCUT2D eigenvalue weighted by Gasteiger charge is -2.62. The monoisotopic (exact) mass is 310 g/mol. The summed E-state index contributed by atoms with van der Waals surface area (Å²) in [5.41, 5.74) is 0.622. The van der Waals surface area contributed by atoms with Crippen molar-refractivity contribution < 1.29 is 4.74 Å². The maximum absolute atomic E-state index is 5.55. The van der Waals surface area contributed by atoms with Gasteiger partial charge in [0.2, 0.25) is 0 Å². The summed E-state index contributed by atoms with van der Waals surface area (Å²) in [5, 5.41) is 3.64. The van der Waals surface area contributed by atoms with Gasteiger partial charge >= 0.3 is 0 Å². The largest absolute Gasteiger partial charge is 0.381 e. The van der Waals surface area contributed by atoms with Crippen molar-refractivity contribution in [2.45, 2.75) is 51.6 Å². The number of likely N-dealkylation sites (N-methyl/N-ethyl adjacent to an activating group) is 1. The molecule has 0 bridgehead atoms. The molecule has 0 radical (unpaired) electrons. The average molecular weight is 310 g/mol. The number of guanidine groups is 1. The molecule has 2 saturated heterocycles. The first-order chi connectivity index (χ1) is 10.2. The fourth-order valence-electron chi connectivity index (χ4n) is 3.47. The highest BCUT2D eigenvalue weighted by Gasteiger charge is 2.53. The summed E-state index contributed by atoms with van der Waals surface area (Å²) in [4.78, 5) is 9.27.